The fourth-order valence-corrected chi connectivity index (χ4v) is 5.72. The molecular formula is C30H34N2O. The summed E-state index contributed by atoms with van der Waals surface area (Å²) in [7, 11) is 0. The van der Waals surface area contributed by atoms with Gasteiger partial charge in [0.05, 0.1) is 0 Å². The number of hydrogen-bond donors (Lipinski definition) is 0. The molecule has 0 aliphatic carbocycles. The van der Waals surface area contributed by atoms with E-state index in [-0.39, 0.29) is 5.91 Å². The van der Waals surface area contributed by atoms with Gasteiger partial charge in [0, 0.05) is 31.1 Å². The van der Waals surface area contributed by atoms with Crippen LogP contribution in [0.1, 0.15) is 40.2 Å². The molecule has 3 aromatic carbocycles. The zero-order valence-corrected chi connectivity index (χ0v) is 19.4. The summed E-state index contributed by atoms with van der Waals surface area (Å²) in [4.78, 5) is 17.9. The summed E-state index contributed by atoms with van der Waals surface area (Å²) in [5.41, 5.74) is 3.63. The molecular weight excluding hydrogens is 404 g/mol. The summed E-state index contributed by atoms with van der Waals surface area (Å²) < 4.78 is 0. The van der Waals surface area contributed by atoms with Gasteiger partial charge in [0.25, 0.3) is 5.91 Å². The van der Waals surface area contributed by atoms with Crippen LogP contribution in [0.4, 0.5) is 0 Å². The Bertz CT molecular complexity index is 1010. The molecule has 3 nitrogen and oxygen atoms in total. The van der Waals surface area contributed by atoms with Crippen LogP contribution in [-0.4, -0.2) is 48.4 Å². The fourth-order valence-electron chi connectivity index (χ4n) is 5.72. The van der Waals surface area contributed by atoms with E-state index in [2.05, 4.69) is 70.5 Å². The molecule has 5 rings (SSSR count). The Morgan fingerprint density at radius 1 is 0.758 bits per heavy atom. The highest BCUT2D eigenvalue weighted by atomic mass is 16.2. The molecule has 0 bridgehead atoms. The van der Waals surface area contributed by atoms with Crippen molar-refractivity contribution in [2.24, 2.45) is 11.8 Å². The van der Waals surface area contributed by atoms with Gasteiger partial charge in [-0.25, -0.2) is 0 Å². The van der Waals surface area contributed by atoms with Gasteiger partial charge in [-0.1, -0.05) is 78.9 Å². The van der Waals surface area contributed by atoms with E-state index < -0.39 is 0 Å². The highest BCUT2D eigenvalue weighted by Crippen LogP contribution is 2.35. The second-order valence-corrected chi connectivity index (χ2v) is 9.79. The molecule has 3 heteroatoms. The number of likely N-dealkylation sites (tertiary alicyclic amines) is 2. The van der Waals surface area contributed by atoms with Crippen molar-refractivity contribution in [1.82, 2.24) is 9.80 Å². The molecule has 0 spiro atoms. The van der Waals surface area contributed by atoms with Crippen LogP contribution in [0.15, 0.2) is 91.0 Å². The molecule has 0 aromatic heterocycles. The minimum absolute atomic E-state index is 0.167. The van der Waals surface area contributed by atoms with Crippen LogP contribution < -0.4 is 0 Å². The van der Waals surface area contributed by atoms with Crippen LogP contribution in [0.5, 0.6) is 0 Å². The number of piperidine rings is 1. The van der Waals surface area contributed by atoms with Gasteiger partial charge in [-0.2, -0.15) is 0 Å². The largest absolute Gasteiger partial charge is 0.338 e. The van der Waals surface area contributed by atoms with E-state index in [9.17, 15) is 4.79 Å². The molecule has 2 fully saturated rings. The Balaban J connectivity index is 1.23. The predicted octanol–water partition coefficient (Wildman–Crippen LogP) is 5.50. The molecule has 2 saturated heterocycles. The van der Waals surface area contributed by atoms with Gasteiger partial charge in [-0.15, -0.1) is 0 Å². The topological polar surface area (TPSA) is 23.6 Å². The third-order valence-corrected chi connectivity index (χ3v) is 7.54. The van der Waals surface area contributed by atoms with Crippen molar-refractivity contribution in [2.45, 2.75) is 25.2 Å². The van der Waals surface area contributed by atoms with E-state index in [1.54, 1.807) is 0 Å². The predicted molar refractivity (Wildman–Crippen MR) is 134 cm³/mol. The number of carbonyl (C=O) groups is 1. The zero-order valence-electron chi connectivity index (χ0n) is 19.4. The maximum atomic E-state index is 13.2. The molecule has 2 aliphatic heterocycles. The molecule has 2 atom stereocenters. The van der Waals surface area contributed by atoms with Gasteiger partial charge in [0.1, 0.15) is 0 Å². The first kappa shape index (κ1) is 21.9. The number of hydrogen-bond acceptors (Lipinski definition) is 2. The van der Waals surface area contributed by atoms with Crippen molar-refractivity contribution in [3.05, 3.63) is 108 Å². The average Bonchev–Trinajstić information content (AvgIpc) is 3.30. The molecule has 2 unspecified atom stereocenters. The lowest BCUT2D eigenvalue weighted by Crippen LogP contribution is -2.39. The molecule has 0 saturated carbocycles. The SMILES string of the molecule is O=C(c1ccccc1)N1CC(CN2CCC(Cc3ccccc3)CC2)C(c2ccccc2)C1. The van der Waals surface area contributed by atoms with Crippen molar-refractivity contribution in [3.63, 3.8) is 0 Å². The lowest BCUT2D eigenvalue weighted by Gasteiger charge is -2.34. The first-order chi connectivity index (χ1) is 16.3. The number of amides is 1. The summed E-state index contributed by atoms with van der Waals surface area (Å²) in [5, 5.41) is 0. The van der Waals surface area contributed by atoms with E-state index in [4.69, 9.17) is 0 Å². The fraction of sp³-hybridized carbons (Fsp3) is 0.367. The smallest absolute Gasteiger partial charge is 0.253 e. The van der Waals surface area contributed by atoms with Crippen molar-refractivity contribution < 1.29 is 4.79 Å². The molecule has 2 aliphatic rings. The van der Waals surface area contributed by atoms with Crippen LogP contribution in [-0.2, 0) is 6.42 Å². The quantitative estimate of drug-likeness (QED) is 0.508. The Labute approximate surface area is 198 Å². The standard InChI is InChI=1S/C30H34N2O/c33-30(27-14-8-3-9-15-27)32-22-28(29(23-32)26-12-6-2-7-13-26)21-31-18-16-25(17-19-31)20-24-10-4-1-5-11-24/h1-15,25,28-29H,16-23H2. The van der Waals surface area contributed by atoms with Crippen molar-refractivity contribution in [3.8, 4) is 0 Å². The number of rotatable bonds is 6. The summed E-state index contributed by atoms with van der Waals surface area (Å²) in [6, 6.07) is 31.5. The van der Waals surface area contributed by atoms with Crippen LogP contribution in [0.25, 0.3) is 0 Å². The molecule has 0 radical (unpaired) electrons. The molecule has 33 heavy (non-hydrogen) atoms. The first-order valence-corrected chi connectivity index (χ1v) is 12.4. The van der Waals surface area contributed by atoms with E-state index in [1.165, 1.54) is 43.5 Å². The van der Waals surface area contributed by atoms with Crippen molar-refractivity contribution >= 4 is 5.91 Å². The second-order valence-electron chi connectivity index (χ2n) is 9.79. The Morgan fingerprint density at radius 3 is 2.03 bits per heavy atom. The Morgan fingerprint density at radius 2 is 1.36 bits per heavy atom. The minimum atomic E-state index is 0.167. The lowest BCUT2D eigenvalue weighted by molar-refractivity contribution is 0.0780. The Hall–Kier alpha value is -2.91. The second kappa shape index (κ2) is 10.4. The van der Waals surface area contributed by atoms with Gasteiger partial charge in [-0.05, 0) is 67.4 Å². The number of carbonyl (C=O) groups excluding carboxylic acids is 1. The van der Waals surface area contributed by atoms with Crippen molar-refractivity contribution in [2.75, 3.05) is 32.7 Å². The highest BCUT2D eigenvalue weighted by Gasteiger charge is 2.37. The summed E-state index contributed by atoms with van der Waals surface area (Å²) in [6.07, 6.45) is 3.73. The van der Waals surface area contributed by atoms with Gasteiger partial charge < -0.3 is 9.80 Å². The summed E-state index contributed by atoms with van der Waals surface area (Å²) in [5.74, 6) is 1.83. The van der Waals surface area contributed by atoms with Gasteiger partial charge in [0.2, 0.25) is 0 Å². The zero-order chi connectivity index (χ0) is 22.5. The molecule has 0 N–H and O–H groups in total. The van der Waals surface area contributed by atoms with Gasteiger partial charge in [-0.3, -0.25) is 4.79 Å². The maximum absolute atomic E-state index is 13.2. The van der Waals surface area contributed by atoms with Crippen molar-refractivity contribution in [1.29, 1.82) is 0 Å². The van der Waals surface area contributed by atoms with Crippen LogP contribution in [0, 0.1) is 11.8 Å². The van der Waals surface area contributed by atoms with Crippen LogP contribution in [0.2, 0.25) is 0 Å². The number of benzene rings is 3. The van der Waals surface area contributed by atoms with Gasteiger partial charge >= 0.3 is 0 Å². The maximum Gasteiger partial charge on any atom is 0.253 e. The van der Waals surface area contributed by atoms with Crippen LogP contribution in [0.3, 0.4) is 0 Å². The normalized spacial score (nSPS) is 21.9. The third-order valence-electron chi connectivity index (χ3n) is 7.54. The number of nitrogens with zero attached hydrogens (tertiary/aromatic N) is 2. The molecule has 2 heterocycles. The summed E-state index contributed by atoms with van der Waals surface area (Å²) >= 11 is 0. The van der Waals surface area contributed by atoms with Gasteiger partial charge in [0.15, 0.2) is 0 Å². The average molecular weight is 439 g/mol. The Kier molecular flexibility index (Phi) is 6.87. The molecule has 3 aromatic rings. The third kappa shape index (κ3) is 5.36. The minimum Gasteiger partial charge on any atom is -0.338 e. The van der Waals surface area contributed by atoms with E-state index in [0.717, 1.165) is 31.1 Å². The lowest BCUT2D eigenvalue weighted by atomic mass is 9.86. The monoisotopic (exact) mass is 438 g/mol. The summed E-state index contributed by atoms with van der Waals surface area (Å²) in [6.45, 7) is 5.07. The molecule has 170 valence electrons. The van der Waals surface area contributed by atoms with E-state index in [1.807, 2.05) is 30.3 Å². The van der Waals surface area contributed by atoms with E-state index >= 15 is 0 Å². The molecule has 1 amide bonds. The van der Waals surface area contributed by atoms with Crippen LogP contribution >= 0.6 is 0 Å². The highest BCUT2D eigenvalue weighted by molar-refractivity contribution is 5.94. The van der Waals surface area contributed by atoms with E-state index in [0.29, 0.717) is 11.8 Å². The first-order valence-electron chi connectivity index (χ1n) is 12.4.